The van der Waals surface area contributed by atoms with Crippen LogP contribution in [0.15, 0.2) is 42.7 Å². The minimum absolute atomic E-state index is 0. The quantitative estimate of drug-likeness (QED) is 0.332. The lowest BCUT2D eigenvalue weighted by molar-refractivity contribution is 0.132. The molecule has 0 saturated heterocycles. The van der Waals surface area contributed by atoms with Crippen LogP contribution in [0.2, 0.25) is 0 Å². The molecule has 1 N–H and O–H groups in total. The molecule has 1 heterocycles. The van der Waals surface area contributed by atoms with Crippen LogP contribution in [0.1, 0.15) is 20.4 Å². The Labute approximate surface area is 196 Å². The third-order valence-corrected chi connectivity index (χ3v) is 4.08. The van der Waals surface area contributed by atoms with Crippen molar-refractivity contribution in [1.29, 1.82) is 0 Å². The average molecular weight is 462 g/mol. The van der Waals surface area contributed by atoms with Crippen molar-refractivity contribution in [3.63, 3.8) is 0 Å². The predicted octanol–water partition coefficient (Wildman–Crippen LogP) is 5.10. The molecule has 0 fully saturated rings. The van der Waals surface area contributed by atoms with E-state index in [4.69, 9.17) is 25.4 Å². The highest BCUT2D eigenvalue weighted by Gasteiger charge is 2.13. The number of aromatic nitrogens is 2. The topological polar surface area (TPSA) is 74.7 Å². The molecule has 0 aliphatic carbocycles. The second-order valence-electron chi connectivity index (χ2n) is 6.07. The van der Waals surface area contributed by atoms with E-state index in [9.17, 15) is 0 Å². The third kappa shape index (κ3) is 7.57. The van der Waals surface area contributed by atoms with Gasteiger partial charge in [-0.05, 0) is 24.3 Å². The number of rotatable bonds is 10. The highest BCUT2D eigenvalue weighted by molar-refractivity contribution is 5.93. The highest BCUT2D eigenvalue weighted by atomic mass is 35.5. The number of benzene rings is 2. The zero-order chi connectivity index (χ0) is 20.5. The molecule has 174 valence electrons. The standard InChI is InChI=1S/C22H23N3O4.2CH4.ClH/c1-4-16-6-5-7-17(12-16)25-22-18-13-20(28-10-8-26-2)21(29-11-9-27-3)14-19(18)23-15-24-22;;;/h1,5-7,12-15H,8-11H2,2-3H3,(H,23,24,25);2*1H4;1H. The van der Waals surface area contributed by atoms with Crippen molar-refractivity contribution in [1.82, 2.24) is 9.97 Å². The first-order chi connectivity index (χ1) is 14.2. The molecule has 0 spiro atoms. The predicted molar refractivity (Wildman–Crippen MR) is 133 cm³/mol. The van der Waals surface area contributed by atoms with Crippen molar-refractivity contribution in [2.75, 3.05) is 46.0 Å². The Morgan fingerprint density at radius 2 is 1.56 bits per heavy atom. The molecule has 2 aromatic carbocycles. The van der Waals surface area contributed by atoms with E-state index in [-0.39, 0.29) is 27.3 Å². The van der Waals surface area contributed by atoms with E-state index in [2.05, 4.69) is 21.2 Å². The third-order valence-electron chi connectivity index (χ3n) is 4.08. The lowest BCUT2D eigenvalue weighted by Crippen LogP contribution is -2.09. The summed E-state index contributed by atoms with van der Waals surface area (Å²) in [5.41, 5.74) is 2.34. The van der Waals surface area contributed by atoms with E-state index in [1.165, 1.54) is 6.33 Å². The summed E-state index contributed by atoms with van der Waals surface area (Å²) < 4.78 is 21.8. The molecule has 7 nitrogen and oxygen atoms in total. The average Bonchev–Trinajstić information content (AvgIpc) is 2.75. The number of halogens is 1. The number of methoxy groups -OCH3 is 2. The molecule has 0 atom stereocenters. The number of anilines is 2. The van der Waals surface area contributed by atoms with Crippen molar-refractivity contribution in [3.05, 3.63) is 48.3 Å². The van der Waals surface area contributed by atoms with Crippen LogP contribution in [-0.2, 0) is 9.47 Å². The van der Waals surface area contributed by atoms with E-state index in [1.54, 1.807) is 14.2 Å². The first kappa shape index (κ1) is 28.9. The summed E-state index contributed by atoms with van der Waals surface area (Å²) >= 11 is 0. The molecule has 0 radical (unpaired) electrons. The Kier molecular flexibility index (Phi) is 13.5. The fourth-order valence-electron chi connectivity index (χ4n) is 2.68. The monoisotopic (exact) mass is 461 g/mol. The number of hydrogen-bond donors (Lipinski definition) is 1. The highest BCUT2D eigenvalue weighted by Crippen LogP contribution is 2.35. The van der Waals surface area contributed by atoms with Crippen LogP contribution in [-0.4, -0.2) is 50.6 Å². The van der Waals surface area contributed by atoms with Gasteiger partial charge in [0, 0.05) is 36.9 Å². The zero-order valence-electron chi connectivity index (χ0n) is 16.9. The molecular weight excluding hydrogens is 430 g/mol. The molecular formula is C24H32ClN3O4. The van der Waals surface area contributed by atoms with Crippen LogP contribution >= 0.6 is 12.4 Å². The van der Waals surface area contributed by atoms with Gasteiger partial charge in [-0.25, -0.2) is 9.97 Å². The van der Waals surface area contributed by atoms with Gasteiger partial charge in [0.05, 0.1) is 18.7 Å². The molecule has 3 aromatic rings. The largest absolute Gasteiger partial charge is 0.487 e. The SMILES string of the molecule is C.C.C#Cc1cccc(Nc2ncnc3cc(OCCOC)c(OCCOC)cc23)c1.Cl. The van der Waals surface area contributed by atoms with Gasteiger partial charge in [-0.1, -0.05) is 26.8 Å². The van der Waals surface area contributed by atoms with Gasteiger partial charge in [0.25, 0.3) is 0 Å². The molecule has 0 aliphatic rings. The van der Waals surface area contributed by atoms with Gasteiger partial charge in [0.15, 0.2) is 11.5 Å². The number of ether oxygens (including phenoxy) is 4. The maximum absolute atomic E-state index is 5.86. The first-order valence-corrected chi connectivity index (χ1v) is 9.11. The van der Waals surface area contributed by atoms with E-state index in [0.29, 0.717) is 43.7 Å². The zero-order valence-corrected chi connectivity index (χ0v) is 17.7. The van der Waals surface area contributed by atoms with Crippen molar-refractivity contribution in [2.45, 2.75) is 14.9 Å². The first-order valence-electron chi connectivity index (χ1n) is 9.11. The molecule has 0 saturated carbocycles. The minimum Gasteiger partial charge on any atom is -0.487 e. The molecule has 32 heavy (non-hydrogen) atoms. The van der Waals surface area contributed by atoms with Crippen molar-refractivity contribution in [3.8, 4) is 23.8 Å². The lowest BCUT2D eigenvalue weighted by Gasteiger charge is -2.15. The Morgan fingerprint density at radius 1 is 0.906 bits per heavy atom. The number of nitrogens with zero attached hydrogens (tertiary/aromatic N) is 2. The van der Waals surface area contributed by atoms with E-state index >= 15 is 0 Å². The Bertz CT molecular complexity index is 1010. The summed E-state index contributed by atoms with van der Waals surface area (Å²) in [6.45, 7) is 1.73. The second kappa shape index (κ2) is 14.9. The molecule has 0 amide bonds. The fourth-order valence-corrected chi connectivity index (χ4v) is 2.68. The van der Waals surface area contributed by atoms with Gasteiger partial charge in [-0.2, -0.15) is 0 Å². The van der Waals surface area contributed by atoms with Gasteiger partial charge in [0.1, 0.15) is 25.4 Å². The van der Waals surface area contributed by atoms with Crippen molar-refractivity contribution < 1.29 is 18.9 Å². The van der Waals surface area contributed by atoms with Crippen LogP contribution in [0.5, 0.6) is 11.5 Å². The number of terminal acetylenes is 1. The normalized spacial score (nSPS) is 9.53. The summed E-state index contributed by atoms with van der Waals surface area (Å²) in [7, 11) is 3.25. The number of hydrogen-bond acceptors (Lipinski definition) is 7. The minimum atomic E-state index is 0. The van der Waals surface area contributed by atoms with Crippen molar-refractivity contribution in [2.24, 2.45) is 0 Å². The van der Waals surface area contributed by atoms with Gasteiger partial charge in [-0.15, -0.1) is 18.8 Å². The van der Waals surface area contributed by atoms with Crippen LogP contribution in [0.3, 0.4) is 0 Å². The van der Waals surface area contributed by atoms with Crippen LogP contribution in [0.4, 0.5) is 11.5 Å². The second-order valence-corrected chi connectivity index (χ2v) is 6.07. The molecule has 0 aliphatic heterocycles. The Hall–Kier alpha value is -3.05. The van der Waals surface area contributed by atoms with E-state index in [1.807, 2.05) is 36.4 Å². The van der Waals surface area contributed by atoms with E-state index < -0.39 is 0 Å². The summed E-state index contributed by atoms with van der Waals surface area (Å²) in [5, 5.41) is 4.10. The molecule has 0 unspecified atom stereocenters. The van der Waals surface area contributed by atoms with Crippen LogP contribution < -0.4 is 14.8 Å². The molecule has 8 heteroatoms. The maximum Gasteiger partial charge on any atom is 0.163 e. The lowest BCUT2D eigenvalue weighted by atomic mass is 10.2. The van der Waals surface area contributed by atoms with Crippen LogP contribution in [0.25, 0.3) is 10.9 Å². The fraction of sp³-hybridized carbons (Fsp3) is 0.333. The smallest absolute Gasteiger partial charge is 0.163 e. The van der Waals surface area contributed by atoms with E-state index in [0.717, 1.165) is 22.2 Å². The summed E-state index contributed by atoms with van der Waals surface area (Å²) in [5.74, 6) is 4.44. The van der Waals surface area contributed by atoms with Gasteiger partial charge < -0.3 is 24.3 Å². The summed E-state index contributed by atoms with van der Waals surface area (Å²) in [6, 6.07) is 11.3. The molecule has 1 aromatic heterocycles. The Morgan fingerprint density at radius 3 is 2.19 bits per heavy atom. The maximum atomic E-state index is 5.86. The molecule has 3 rings (SSSR count). The summed E-state index contributed by atoms with van der Waals surface area (Å²) in [4.78, 5) is 8.75. The van der Waals surface area contributed by atoms with Crippen LogP contribution in [0, 0.1) is 12.3 Å². The van der Waals surface area contributed by atoms with Gasteiger partial charge in [-0.3, -0.25) is 0 Å². The Balaban J connectivity index is 0.00000320. The van der Waals surface area contributed by atoms with Gasteiger partial charge >= 0.3 is 0 Å². The summed E-state index contributed by atoms with van der Waals surface area (Å²) in [6.07, 6.45) is 6.99. The number of nitrogens with one attached hydrogen (secondary N) is 1. The molecule has 0 bridgehead atoms. The van der Waals surface area contributed by atoms with Gasteiger partial charge in [0.2, 0.25) is 0 Å². The number of fused-ring (bicyclic) bond motifs is 1. The van der Waals surface area contributed by atoms with Crippen molar-refractivity contribution >= 4 is 34.8 Å².